The Kier molecular flexibility index (Phi) is 8.01. The van der Waals surface area contributed by atoms with Crippen LogP contribution >= 0.6 is 11.6 Å². The molecule has 2 aromatic carbocycles. The van der Waals surface area contributed by atoms with Crippen LogP contribution in [0.1, 0.15) is 41.6 Å². The number of furan rings is 1. The van der Waals surface area contributed by atoms with E-state index in [1.165, 1.54) is 39.8 Å². The van der Waals surface area contributed by atoms with E-state index in [-0.39, 0.29) is 10.5 Å². The monoisotopic (exact) mass is 543 g/mol. The first-order valence-electron chi connectivity index (χ1n) is 11.6. The Morgan fingerprint density at radius 1 is 1.05 bits per heavy atom. The molecule has 0 spiro atoms. The van der Waals surface area contributed by atoms with E-state index in [1.807, 2.05) is 18.2 Å². The standard InChI is InChI=1S/C26H26ClN3O6S/c1-3-29(4-2)37(33,34)21-13-9-19(10-14-21)26(32)36-17-25(31)30-23(24-6-5-15-35-24)16-22(28-30)18-7-11-20(27)12-8-18/h5-16,23,28H,3-4,17H2,1-2H3/t23-/m1/s1. The number of rotatable bonds is 9. The van der Waals surface area contributed by atoms with Crippen molar-refractivity contribution in [3.8, 4) is 0 Å². The molecule has 1 aliphatic rings. The molecule has 1 aromatic heterocycles. The third kappa shape index (κ3) is 5.71. The maximum atomic E-state index is 13.0. The normalized spacial score (nSPS) is 15.4. The van der Waals surface area contributed by atoms with E-state index >= 15 is 0 Å². The van der Waals surface area contributed by atoms with Gasteiger partial charge in [-0.05, 0) is 60.2 Å². The summed E-state index contributed by atoms with van der Waals surface area (Å²) < 4.78 is 37.4. The van der Waals surface area contributed by atoms with Crippen molar-refractivity contribution in [2.24, 2.45) is 0 Å². The molecule has 1 atom stereocenters. The fraction of sp³-hybridized carbons (Fsp3) is 0.231. The zero-order chi connectivity index (χ0) is 26.6. The molecule has 0 radical (unpaired) electrons. The van der Waals surface area contributed by atoms with Crippen LogP contribution in [0.15, 0.2) is 82.3 Å². The largest absolute Gasteiger partial charge is 0.467 e. The molecule has 0 unspecified atom stereocenters. The molecule has 0 fully saturated rings. The zero-order valence-corrected chi connectivity index (χ0v) is 21.8. The van der Waals surface area contributed by atoms with Crippen LogP contribution in [0.3, 0.4) is 0 Å². The molecule has 0 saturated heterocycles. The van der Waals surface area contributed by atoms with Gasteiger partial charge in [0.1, 0.15) is 11.8 Å². The molecule has 2 heterocycles. The van der Waals surface area contributed by atoms with Gasteiger partial charge in [0.25, 0.3) is 5.91 Å². The first kappa shape index (κ1) is 26.5. The number of benzene rings is 2. The number of hydrogen-bond acceptors (Lipinski definition) is 7. The minimum atomic E-state index is -3.65. The van der Waals surface area contributed by atoms with Crippen LogP contribution < -0.4 is 5.43 Å². The third-order valence-corrected chi connectivity index (χ3v) is 8.18. The van der Waals surface area contributed by atoms with Gasteiger partial charge >= 0.3 is 5.97 Å². The van der Waals surface area contributed by atoms with Gasteiger partial charge < -0.3 is 9.15 Å². The molecule has 0 saturated carbocycles. The smallest absolute Gasteiger partial charge is 0.338 e. The van der Waals surface area contributed by atoms with Crippen molar-refractivity contribution < 1.29 is 27.2 Å². The Morgan fingerprint density at radius 3 is 2.32 bits per heavy atom. The molecular weight excluding hydrogens is 518 g/mol. The Hall–Kier alpha value is -3.60. The Morgan fingerprint density at radius 2 is 1.73 bits per heavy atom. The Bertz CT molecular complexity index is 1380. The van der Waals surface area contributed by atoms with Gasteiger partial charge in [-0.1, -0.05) is 37.6 Å². The quantitative estimate of drug-likeness (QED) is 0.402. The average molecular weight is 544 g/mol. The van der Waals surface area contributed by atoms with Crippen LogP contribution in [0.2, 0.25) is 5.02 Å². The molecule has 3 aromatic rings. The van der Waals surface area contributed by atoms with Crippen molar-refractivity contribution in [2.75, 3.05) is 19.7 Å². The Labute approximate surface area is 220 Å². The van der Waals surface area contributed by atoms with Crippen molar-refractivity contribution >= 4 is 39.2 Å². The molecule has 1 amide bonds. The minimum Gasteiger partial charge on any atom is -0.467 e. The van der Waals surface area contributed by atoms with Crippen molar-refractivity contribution in [2.45, 2.75) is 24.8 Å². The highest BCUT2D eigenvalue weighted by atomic mass is 35.5. The second-order valence-corrected chi connectivity index (χ2v) is 10.5. The first-order valence-corrected chi connectivity index (χ1v) is 13.4. The SMILES string of the molecule is CCN(CC)S(=O)(=O)c1ccc(C(=O)OCC(=O)N2NC(c3ccc(Cl)cc3)=C[C@@H]2c2ccco2)cc1. The van der Waals surface area contributed by atoms with Crippen LogP contribution in [-0.2, 0) is 19.6 Å². The Balaban J connectivity index is 1.44. The van der Waals surface area contributed by atoms with Gasteiger partial charge in [-0.25, -0.2) is 18.2 Å². The summed E-state index contributed by atoms with van der Waals surface area (Å²) in [5, 5.41) is 1.92. The number of nitrogens with zero attached hydrogens (tertiary/aromatic N) is 2. The van der Waals surface area contributed by atoms with Gasteiger partial charge in [-0.2, -0.15) is 4.31 Å². The van der Waals surface area contributed by atoms with Crippen LogP contribution in [0.25, 0.3) is 5.70 Å². The number of carbonyl (C=O) groups is 2. The molecular formula is C26H26ClN3O6S. The summed E-state index contributed by atoms with van der Waals surface area (Å²) in [6.07, 6.45) is 3.34. The van der Waals surface area contributed by atoms with E-state index in [4.69, 9.17) is 20.8 Å². The number of hydrazine groups is 1. The van der Waals surface area contributed by atoms with E-state index in [9.17, 15) is 18.0 Å². The van der Waals surface area contributed by atoms with Gasteiger partial charge in [-0.3, -0.25) is 10.2 Å². The van der Waals surface area contributed by atoms with E-state index < -0.39 is 34.5 Å². The molecule has 9 nitrogen and oxygen atoms in total. The number of hydrogen-bond donors (Lipinski definition) is 1. The van der Waals surface area contributed by atoms with E-state index in [0.717, 1.165) is 5.56 Å². The topological polar surface area (TPSA) is 109 Å². The lowest BCUT2D eigenvalue weighted by Gasteiger charge is -2.23. The van der Waals surface area contributed by atoms with Crippen LogP contribution in [-0.4, -0.2) is 49.3 Å². The molecule has 4 rings (SSSR count). The van der Waals surface area contributed by atoms with Crippen LogP contribution in [0.4, 0.5) is 0 Å². The molecule has 194 valence electrons. The fourth-order valence-electron chi connectivity index (χ4n) is 3.90. The number of ether oxygens (including phenoxy) is 1. The molecule has 1 aliphatic heterocycles. The summed E-state index contributed by atoms with van der Waals surface area (Å²) in [5.74, 6) is -0.725. The number of esters is 1. The maximum Gasteiger partial charge on any atom is 0.338 e. The summed E-state index contributed by atoms with van der Waals surface area (Å²) >= 11 is 5.99. The highest BCUT2D eigenvalue weighted by Gasteiger charge is 2.33. The first-order chi connectivity index (χ1) is 17.7. The molecule has 0 aliphatic carbocycles. The molecule has 1 N–H and O–H groups in total. The predicted octanol–water partition coefficient (Wildman–Crippen LogP) is 4.25. The van der Waals surface area contributed by atoms with E-state index in [1.54, 1.807) is 38.1 Å². The van der Waals surface area contributed by atoms with Crippen molar-refractivity contribution in [3.63, 3.8) is 0 Å². The summed E-state index contributed by atoms with van der Waals surface area (Å²) in [6.45, 7) is 3.64. The zero-order valence-electron chi connectivity index (χ0n) is 20.3. The number of amides is 1. The van der Waals surface area contributed by atoms with Gasteiger partial charge in [-0.15, -0.1) is 0 Å². The summed E-state index contributed by atoms with van der Waals surface area (Å²) in [6, 6.07) is 15.5. The summed E-state index contributed by atoms with van der Waals surface area (Å²) in [4.78, 5) is 25.7. The van der Waals surface area contributed by atoms with Crippen molar-refractivity contribution in [1.82, 2.24) is 14.7 Å². The average Bonchev–Trinajstić information content (AvgIpc) is 3.59. The third-order valence-electron chi connectivity index (χ3n) is 5.86. The van der Waals surface area contributed by atoms with Crippen LogP contribution in [0, 0.1) is 0 Å². The summed E-state index contributed by atoms with van der Waals surface area (Å²) in [5.41, 5.74) is 4.66. The van der Waals surface area contributed by atoms with Gasteiger partial charge in [0, 0.05) is 18.1 Å². The molecule has 0 bridgehead atoms. The number of sulfonamides is 1. The number of nitrogens with one attached hydrogen (secondary N) is 1. The molecule has 37 heavy (non-hydrogen) atoms. The van der Waals surface area contributed by atoms with Gasteiger partial charge in [0.05, 0.1) is 22.4 Å². The fourth-order valence-corrected chi connectivity index (χ4v) is 5.49. The lowest BCUT2D eigenvalue weighted by molar-refractivity contribution is -0.138. The van der Waals surface area contributed by atoms with Gasteiger partial charge in [0.2, 0.25) is 10.0 Å². The lowest BCUT2D eigenvalue weighted by atomic mass is 10.1. The molecule has 11 heteroatoms. The summed E-state index contributed by atoms with van der Waals surface area (Å²) in [7, 11) is -3.65. The highest BCUT2D eigenvalue weighted by molar-refractivity contribution is 7.89. The highest BCUT2D eigenvalue weighted by Crippen LogP contribution is 2.32. The minimum absolute atomic E-state index is 0.0761. The second-order valence-electron chi connectivity index (χ2n) is 8.11. The second kappa shape index (κ2) is 11.2. The maximum absolute atomic E-state index is 13.0. The van der Waals surface area contributed by atoms with Crippen molar-refractivity contribution in [3.05, 3.63) is 94.9 Å². The predicted molar refractivity (Wildman–Crippen MR) is 138 cm³/mol. The lowest BCUT2D eigenvalue weighted by Crippen LogP contribution is -2.42. The van der Waals surface area contributed by atoms with E-state index in [0.29, 0.717) is 29.6 Å². The van der Waals surface area contributed by atoms with Gasteiger partial charge in [0.15, 0.2) is 6.61 Å². The number of halogens is 1. The van der Waals surface area contributed by atoms with E-state index in [2.05, 4.69) is 5.43 Å². The number of carbonyl (C=O) groups excluding carboxylic acids is 2. The van der Waals surface area contributed by atoms with Crippen LogP contribution in [0.5, 0.6) is 0 Å². The van der Waals surface area contributed by atoms with Crippen molar-refractivity contribution in [1.29, 1.82) is 0 Å².